The molecule has 0 aliphatic carbocycles. The van der Waals surface area contributed by atoms with Crippen LogP contribution in [0.4, 0.5) is 8.78 Å². The molecule has 0 radical (unpaired) electrons. The Hall–Kier alpha value is -4.31. The van der Waals surface area contributed by atoms with Gasteiger partial charge in [0, 0.05) is 46.7 Å². The zero-order chi connectivity index (χ0) is 29.3. The second-order valence-electron chi connectivity index (χ2n) is 9.96. The number of aromatic nitrogens is 4. The smallest absolute Gasteiger partial charge is 0.303 e. The van der Waals surface area contributed by atoms with Crippen molar-refractivity contribution in [3.05, 3.63) is 107 Å². The minimum absolute atomic E-state index is 0.0506. The maximum absolute atomic E-state index is 15.2. The average Bonchev–Trinajstić information content (AvgIpc) is 3.56. The first kappa shape index (κ1) is 28.2. The minimum atomic E-state index is -1.02. The normalized spacial score (nSPS) is 12.8. The van der Waals surface area contributed by atoms with Gasteiger partial charge >= 0.3 is 5.97 Å². The first-order valence-corrected chi connectivity index (χ1v) is 13.7. The van der Waals surface area contributed by atoms with E-state index in [0.29, 0.717) is 28.7 Å². The lowest BCUT2D eigenvalue weighted by atomic mass is 9.79. The van der Waals surface area contributed by atoms with Gasteiger partial charge in [0.15, 0.2) is 23.2 Å². The van der Waals surface area contributed by atoms with Gasteiger partial charge in [0.1, 0.15) is 11.6 Å². The van der Waals surface area contributed by atoms with Gasteiger partial charge in [0.25, 0.3) is 0 Å². The molecule has 2 heterocycles. The van der Waals surface area contributed by atoms with Gasteiger partial charge in [-0.05, 0) is 61.7 Å². The Morgan fingerprint density at radius 1 is 1.20 bits per heavy atom. The van der Waals surface area contributed by atoms with E-state index in [2.05, 4.69) is 32.6 Å². The number of H-pyrrole nitrogens is 1. The van der Waals surface area contributed by atoms with Crippen LogP contribution in [0.1, 0.15) is 36.7 Å². The predicted octanol–water partition coefficient (Wildman–Crippen LogP) is 7.70. The van der Waals surface area contributed by atoms with Crippen LogP contribution in [-0.2, 0) is 23.7 Å². The molecule has 0 spiro atoms. The van der Waals surface area contributed by atoms with E-state index >= 15 is 8.78 Å². The molecule has 5 aromatic rings. The molecule has 0 saturated heterocycles. The standard InChI is InChI=1S/C31H27BrF2N4O3/c1-4-13-31(2,18-6-5-7-19(32)15-18)30-36-29(38(3)37-30)23-16-20(8-10-24(23)33)41-28-22(9-11-27(39)40)21-12-14-35-26(21)17-25(28)34/h4-8,10,12,14-17,35H,1,9,11,13H2,2-3H3,(H,39,40). The zero-order valence-corrected chi connectivity index (χ0v) is 24.0. The van der Waals surface area contributed by atoms with Gasteiger partial charge in [-0.15, -0.1) is 6.58 Å². The highest BCUT2D eigenvalue weighted by Crippen LogP contribution is 2.39. The Morgan fingerprint density at radius 3 is 2.73 bits per heavy atom. The van der Waals surface area contributed by atoms with Gasteiger partial charge in [0.2, 0.25) is 0 Å². The fourth-order valence-corrected chi connectivity index (χ4v) is 5.38. The van der Waals surface area contributed by atoms with Crippen LogP contribution in [0.2, 0.25) is 0 Å². The van der Waals surface area contributed by atoms with Gasteiger partial charge < -0.3 is 14.8 Å². The molecule has 41 heavy (non-hydrogen) atoms. The number of ether oxygens (including phenoxy) is 1. The number of allylic oxidation sites excluding steroid dienone is 1. The van der Waals surface area contributed by atoms with Crippen molar-refractivity contribution in [1.82, 2.24) is 19.7 Å². The number of fused-ring (bicyclic) bond motifs is 1. The molecule has 0 aliphatic rings. The van der Waals surface area contributed by atoms with Crippen molar-refractivity contribution >= 4 is 32.8 Å². The third-order valence-electron chi connectivity index (χ3n) is 7.12. The monoisotopic (exact) mass is 620 g/mol. The summed E-state index contributed by atoms with van der Waals surface area (Å²) in [7, 11) is 1.68. The van der Waals surface area contributed by atoms with E-state index in [1.165, 1.54) is 28.9 Å². The molecule has 210 valence electrons. The van der Waals surface area contributed by atoms with Gasteiger partial charge in [-0.3, -0.25) is 4.79 Å². The van der Waals surface area contributed by atoms with Crippen LogP contribution in [-0.4, -0.2) is 30.8 Å². The lowest BCUT2D eigenvalue weighted by molar-refractivity contribution is -0.136. The Balaban J connectivity index is 1.56. The molecule has 0 bridgehead atoms. The quantitative estimate of drug-likeness (QED) is 0.156. The highest BCUT2D eigenvalue weighted by atomic mass is 79.9. The first-order valence-electron chi connectivity index (χ1n) is 12.9. The molecule has 10 heteroatoms. The van der Waals surface area contributed by atoms with Gasteiger partial charge in [-0.1, -0.05) is 34.1 Å². The van der Waals surface area contributed by atoms with Crippen LogP contribution in [0.3, 0.4) is 0 Å². The van der Waals surface area contributed by atoms with Gasteiger partial charge in [-0.25, -0.2) is 18.4 Å². The van der Waals surface area contributed by atoms with Crippen LogP contribution in [0, 0.1) is 11.6 Å². The number of rotatable bonds is 10. The van der Waals surface area contributed by atoms with Crippen LogP contribution in [0.25, 0.3) is 22.3 Å². The molecule has 2 aromatic heterocycles. The molecule has 0 fully saturated rings. The summed E-state index contributed by atoms with van der Waals surface area (Å²) in [6, 6.07) is 14.9. The van der Waals surface area contributed by atoms with E-state index in [0.717, 1.165) is 10.0 Å². The summed E-state index contributed by atoms with van der Waals surface area (Å²) in [6.45, 7) is 5.91. The number of hydrogen-bond donors (Lipinski definition) is 2. The molecule has 0 amide bonds. The van der Waals surface area contributed by atoms with Crippen LogP contribution in [0.5, 0.6) is 11.5 Å². The first-order chi connectivity index (χ1) is 19.6. The number of carboxylic acid groups (broad SMARTS) is 1. The Labute approximate surface area is 243 Å². The summed E-state index contributed by atoms with van der Waals surface area (Å²) in [5, 5.41) is 14.5. The minimum Gasteiger partial charge on any atom is -0.481 e. The van der Waals surface area contributed by atoms with Crippen molar-refractivity contribution in [3.8, 4) is 22.9 Å². The second kappa shape index (κ2) is 11.3. The highest BCUT2D eigenvalue weighted by molar-refractivity contribution is 9.10. The SMILES string of the molecule is C=CCC(C)(c1cccc(Br)c1)c1nc(-c2cc(Oc3c(F)cc4[nH]ccc4c3CCC(=O)O)ccc2F)n(C)n1. The van der Waals surface area contributed by atoms with E-state index in [-0.39, 0.29) is 35.7 Å². The Morgan fingerprint density at radius 2 is 2.00 bits per heavy atom. The predicted molar refractivity (Wildman–Crippen MR) is 156 cm³/mol. The van der Waals surface area contributed by atoms with Gasteiger partial charge in [0.05, 0.1) is 11.0 Å². The fourth-order valence-electron chi connectivity index (χ4n) is 4.98. The number of nitrogens with one attached hydrogen (secondary N) is 1. The summed E-state index contributed by atoms with van der Waals surface area (Å²) < 4.78 is 38.8. The van der Waals surface area contributed by atoms with Crippen molar-refractivity contribution in [3.63, 3.8) is 0 Å². The fraction of sp³-hybridized carbons (Fsp3) is 0.194. The maximum Gasteiger partial charge on any atom is 0.303 e. The van der Waals surface area contributed by atoms with E-state index in [4.69, 9.17) is 9.72 Å². The third kappa shape index (κ3) is 5.52. The number of nitrogens with zero attached hydrogens (tertiary/aromatic N) is 3. The molecule has 7 nitrogen and oxygen atoms in total. The highest BCUT2D eigenvalue weighted by Gasteiger charge is 2.33. The van der Waals surface area contributed by atoms with Crippen molar-refractivity contribution in [2.75, 3.05) is 0 Å². The number of aliphatic carboxylic acids is 1. The number of carboxylic acids is 1. The number of carbonyl (C=O) groups is 1. The third-order valence-corrected chi connectivity index (χ3v) is 7.62. The van der Waals surface area contributed by atoms with Crippen molar-refractivity contribution in [1.29, 1.82) is 0 Å². The molecule has 1 atom stereocenters. The van der Waals surface area contributed by atoms with E-state index in [1.54, 1.807) is 25.4 Å². The number of benzene rings is 3. The molecular formula is C31H27BrF2N4O3. The summed E-state index contributed by atoms with van der Waals surface area (Å²) in [5.74, 6) is -1.43. The van der Waals surface area contributed by atoms with Crippen molar-refractivity contribution in [2.45, 2.75) is 31.6 Å². The number of hydrogen-bond acceptors (Lipinski definition) is 4. The molecule has 3 aromatic carbocycles. The Bertz CT molecular complexity index is 1780. The van der Waals surface area contributed by atoms with Gasteiger partial charge in [-0.2, -0.15) is 5.10 Å². The topological polar surface area (TPSA) is 93.0 Å². The summed E-state index contributed by atoms with van der Waals surface area (Å²) in [5.41, 5.74) is 1.37. The number of halogens is 3. The van der Waals surface area contributed by atoms with Crippen molar-refractivity contribution in [2.24, 2.45) is 7.05 Å². The molecule has 0 aliphatic heterocycles. The summed E-state index contributed by atoms with van der Waals surface area (Å²) >= 11 is 3.52. The summed E-state index contributed by atoms with van der Waals surface area (Å²) in [4.78, 5) is 19.0. The zero-order valence-electron chi connectivity index (χ0n) is 22.4. The van der Waals surface area contributed by atoms with Crippen LogP contribution < -0.4 is 4.74 Å². The second-order valence-corrected chi connectivity index (χ2v) is 10.9. The largest absolute Gasteiger partial charge is 0.481 e. The molecule has 5 rings (SSSR count). The maximum atomic E-state index is 15.2. The number of aryl methyl sites for hydroxylation is 2. The lowest BCUT2D eigenvalue weighted by Crippen LogP contribution is -2.25. The van der Waals surface area contributed by atoms with Crippen molar-refractivity contribution < 1.29 is 23.4 Å². The van der Waals surface area contributed by atoms with Crippen LogP contribution in [0.15, 0.2) is 77.9 Å². The van der Waals surface area contributed by atoms with Crippen LogP contribution >= 0.6 is 15.9 Å². The average molecular weight is 621 g/mol. The number of aromatic amines is 1. The molecule has 0 saturated carbocycles. The summed E-state index contributed by atoms with van der Waals surface area (Å²) in [6.07, 6.45) is 3.82. The molecule has 2 N–H and O–H groups in total. The van der Waals surface area contributed by atoms with E-state index < -0.39 is 23.0 Å². The molecule has 1 unspecified atom stereocenters. The van der Waals surface area contributed by atoms with E-state index in [1.807, 2.05) is 31.2 Å². The van der Waals surface area contributed by atoms with E-state index in [9.17, 15) is 9.90 Å². The lowest BCUT2D eigenvalue weighted by Gasteiger charge is -2.26. The Kier molecular flexibility index (Phi) is 7.77. The molecular weight excluding hydrogens is 594 g/mol.